The van der Waals surface area contributed by atoms with Crippen LogP contribution in [-0.2, 0) is 0 Å². The van der Waals surface area contributed by atoms with Crippen molar-refractivity contribution in [2.45, 2.75) is 0 Å². The fourth-order valence-electron chi connectivity index (χ4n) is 1.74. The quantitative estimate of drug-likeness (QED) is 0.671. The summed E-state index contributed by atoms with van der Waals surface area (Å²) in [6, 6.07) is 1.60. The molecule has 2 rings (SSSR count). The number of nitrogens with zero attached hydrogens (tertiary/aromatic N) is 3. The van der Waals surface area contributed by atoms with Crippen molar-refractivity contribution in [3.8, 4) is 0 Å². The Kier molecular flexibility index (Phi) is 3.63. The van der Waals surface area contributed by atoms with Gasteiger partial charge in [0.2, 0.25) is 0 Å². The molecule has 0 spiro atoms. The first-order chi connectivity index (χ1) is 8.15. The van der Waals surface area contributed by atoms with Crippen molar-refractivity contribution in [1.82, 2.24) is 14.8 Å². The van der Waals surface area contributed by atoms with Gasteiger partial charge in [0.1, 0.15) is 7.85 Å². The molecule has 0 unspecified atom stereocenters. The van der Waals surface area contributed by atoms with Crippen molar-refractivity contribution >= 4 is 25.0 Å². The molecule has 1 aliphatic heterocycles. The highest BCUT2D eigenvalue weighted by Gasteiger charge is 2.18. The van der Waals surface area contributed by atoms with Crippen molar-refractivity contribution in [2.75, 3.05) is 38.5 Å². The zero-order valence-electron chi connectivity index (χ0n) is 9.89. The number of carbonyl (C=O) groups is 1. The minimum Gasteiger partial charge on any atom is -0.322 e. The van der Waals surface area contributed by atoms with Crippen LogP contribution >= 0.6 is 0 Å². The van der Waals surface area contributed by atoms with Gasteiger partial charge in [-0.15, -0.1) is 0 Å². The molecule has 0 saturated carbocycles. The second kappa shape index (κ2) is 5.18. The van der Waals surface area contributed by atoms with Crippen LogP contribution in [0.15, 0.2) is 18.5 Å². The summed E-state index contributed by atoms with van der Waals surface area (Å²) in [7, 11) is 7.65. The molecule has 2 heterocycles. The van der Waals surface area contributed by atoms with E-state index in [1.54, 1.807) is 23.4 Å². The molecule has 2 radical (unpaired) electrons. The van der Waals surface area contributed by atoms with Crippen LogP contribution in [-0.4, -0.2) is 61.9 Å². The van der Waals surface area contributed by atoms with E-state index in [2.05, 4.69) is 22.2 Å². The fourth-order valence-corrected chi connectivity index (χ4v) is 1.74. The van der Waals surface area contributed by atoms with E-state index < -0.39 is 0 Å². The summed E-state index contributed by atoms with van der Waals surface area (Å²) >= 11 is 0. The largest absolute Gasteiger partial charge is 0.322 e. The lowest BCUT2D eigenvalue weighted by Crippen LogP contribution is -2.48. The molecule has 1 aromatic heterocycles. The number of pyridine rings is 1. The predicted octanol–water partition coefficient (Wildman–Crippen LogP) is -0.345. The molecular formula is C11H15BN4O. The van der Waals surface area contributed by atoms with E-state index in [9.17, 15) is 4.79 Å². The Morgan fingerprint density at radius 2 is 2.06 bits per heavy atom. The summed E-state index contributed by atoms with van der Waals surface area (Å²) in [6.07, 6.45) is 3.13. The van der Waals surface area contributed by atoms with Gasteiger partial charge >= 0.3 is 6.03 Å². The van der Waals surface area contributed by atoms with Crippen LogP contribution in [0.1, 0.15) is 0 Å². The van der Waals surface area contributed by atoms with Crippen molar-refractivity contribution in [3.05, 3.63) is 18.5 Å². The predicted molar refractivity (Wildman–Crippen MR) is 67.7 cm³/mol. The third-order valence-electron chi connectivity index (χ3n) is 2.80. The smallest absolute Gasteiger partial charge is 0.321 e. The lowest BCUT2D eigenvalue weighted by molar-refractivity contribution is 0.164. The molecule has 1 aliphatic rings. The molecule has 0 bridgehead atoms. The van der Waals surface area contributed by atoms with Crippen LogP contribution in [0.3, 0.4) is 0 Å². The molecule has 1 aromatic rings. The van der Waals surface area contributed by atoms with Gasteiger partial charge in [0, 0.05) is 32.4 Å². The maximum Gasteiger partial charge on any atom is 0.321 e. The average molecular weight is 230 g/mol. The Labute approximate surface area is 102 Å². The molecule has 1 N–H and O–H groups in total. The van der Waals surface area contributed by atoms with E-state index in [4.69, 9.17) is 7.85 Å². The van der Waals surface area contributed by atoms with Gasteiger partial charge in [-0.1, -0.05) is 5.46 Å². The average Bonchev–Trinajstić information content (AvgIpc) is 2.29. The lowest BCUT2D eigenvalue weighted by Gasteiger charge is -2.32. The highest BCUT2D eigenvalue weighted by Crippen LogP contribution is 2.05. The third kappa shape index (κ3) is 3.20. The van der Waals surface area contributed by atoms with Gasteiger partial charge in [-0.3, -0.25) is 4.98 Å². The summed E-state index contributed by atoms with van der Waals surface area (Å²) in [4.78, 5) is 19.8. The van der Waals surface area contributed by atoms with E-state index >= 15 is 0 Å². The first-order valence-electron chi connectivity index (χ1n) is 5.60. The van der Waals surface area contributed by atoms with Crippen LogP contribution in [0, 0.1) is 0 Å². The number of amides is 2. The zero-order valence-corrected chi connectivity index (χ0v) is 9.89. The van der Waals surface area contributed by atoms with Crippen LogP contribution in [0.5, 0.6) is 0 Å². The number of likely N-dealkylation sites (N-methyl/N-ethyl adjacent to an activating group) is 1. The second-order valence-electron chi connectivity index (χ2n) is 4.23. The molecule has 17 heavy (non-hydrogen) atoms. The maximum atomic E-state index is 11.9. The first-order valence-corrected chi connectivity index (χ1v) is 5.60. The van der Waals surface area contributed by atoms with Gasteiger partial charge < -0.3 is 15.1 Å². The van der Waals surface area contributed by atoms with Crippen molar-refractivity contribution in [2.24, 2.45) is 0 Å². The Morgan fingerprint density at radius 3 is 2.71 bits per heavy atom. The number of carbonyl (C=O) groups excluding carboxylic acids is 1. The number of rotatable bonds is 1. The maximum absolute atomic E-state index is 11.9. The van der Waals surface area contributed by atoms with Gasteiger partial charge in [0.15, 0.2) is 0 Å². The number of piperazine rings is 1. The molecule has 2 amide bonds. The minimum atomic E-state index is -0.0921. The molecule has 5 nitrogen and oxygen atoms in total. The fraction of sp³-hybridized carbons (Fsp3) is 0.455. The van der Waals surface area contributed by atoms with E-state index in [0.717, 1.165) is 26.2 Å². The number of anilines is 1. The van der Waals surface area contributed by atoms with E-state index in [-0.39, 0.29) is 6.03 Å². The molecule has 0 atom stereocenters. The number of hydrogen-bond donors (Lipinski definition) is 1. The van der Waals surface area contributed by atoms with E-state index in [0.29, 0.717) is 11.2 Å². The minimum absolute atomic E-state index is 0.0921. The monoisotopic (exact) mass is 230 g/mol. The Morgan fingerprint density at radius 1 is 1.35 bits per heavy atom. The topological polar surface area (TPSA) is 48.5 Å². The van der Waals surface area contributed by atoms with Gasteiger partial charge in [0.25, 0.3) is 0 Å². The Bertz CT molecular complexity index is 404. The molecule has 1 saturated heterocycles. The van der Waals surface area contributed by atoms with E-state index in [1.807, 2.05) is 0 Å². The van der Waals surface area contributed by atoms with Gasteiger partial charge in [-0.25, -0.2) is 4.79 Å². The van der Waals surface area contributed by atoms with E-state index in [1.165, 1.54) is 0 Å². The molecule has 6 heteroatoms. The number of nitrogens with one attached hydrogen (secondary N) is 1. The van der Waals surface area contributed by atoms with Crippen molar-refractivity contribution in [1.29, 1.82) is 0 Å². The van der Waals surface area contributed by atoms with Crippen LogP contribution < -0.4 is 10.8 Å². The third-order valence-corrected chi connectivity index (χ3v) is 2.80. The summed E-state index contributed by atoms with van der Waals surface area (Å²) in [6.45, 7) is 3.31. The normalized spacial score (nSPS) is 16.9. The highest BCUT2D eigenvalue weighted by atomic mass is 16.2. The number of aromatic nitrogens is 1. The van der Waals surface area contributed by atoms with Gasteiger partial charge in [0.05, 0.1) is 11.9 Å². The van der Waals surface area contributed by atoms with Crippen LogP contribution in [0.25, 0.3) is 0 Å². The Balaban J connectivity index is 1.93. The zero-order chi connectivity index (χ0) is 12.3. The highest BCUT2D eigenvalue weighted by molar-refractivity contribution is 6.32. The van der Waals surface area contributed by atoms with Gasteiger partial charge in [-0.05, 0) is 13.1 Å². The molecular weight excluding hydrogens is 215 g/mol. The second-order valence-corrected chi connectivity index (χ2v) is 4.23. The Hall–Kier alpha value is -1.56. The summed E-state index contributed by atoms with van der Waals surface area (Å²) < 4.78 is 0. The first kappa shape index (κ1) is 11.9. The molecule has 1 fully saturated rings. The number of urea groups is 1. The standard InChI is InChI=1S/C11H15BN4O/c1-15-2-4-16(5-3-15)11(17)14-10-6-9(12)7-13-8-10/h6-8H,2-5H2,1H3,(H,14,17). The molecule has 0 aromatic carbocycles. The number of hydrogen-bond acceptors (Lipinski definition) is 3. The van der Waals surface area contributed by atoms with Crippen LogP contribution in [0.4, 0.5) is 10.5 Å². The summed E-state index contributed by atoms with van der Waals surface area (Å²) in [5, 5.41) is 2.79. The summed E-state index contributed by atoms with van der Waals surface area (Å²) in [5.41, 5.74) is 1.18. The molecule has 88 valence electrons. The van der Waals surface area contributed by atoms with Gasteiger partial charge in [-0.2, -0.15) is 0 Å². The lowest BCUT2D eigenvalue weighted by atomic mass is 9.99. The SMILES string of the molecule is [B]c1cncc(NC(=O)N2CCN(C)CC2)c1. The summed E-state index contributed by atoms with van der Waals surface area (Å²) in [5.74, 6) is 0. The van der Waals surface area contributed by atoms with Crippen molar-refractivity contribution in [3.63, 3.8) is 0 Å². The van der Waals surface area contributed by atoms with Crippen LogP contribution in [0.2, 0.25) is 0 Å². The van der Waals surface area contributed by atoms with Crippen molar-refractivity contribution < 1.29 is 4.79 Å². The molecule has 0 aliphatic carbocycles.